The van der Waals surface area contributed by atoms with Gasteiger partial charge in [-0.2, -0.15) is 0 Å². The molecule has 2 rings (SSSR count). The number of hydrogen-bond acceptors (Lipinski definition) is 1. The molecule has 0 aromatic heterocycles. The van der Waals surface area contributed by atoms with Crippen LogP contribution < -0.4 is 5.32 Å². The van der Waals surface area contributed by atoms with E-state index < -0.39 is 0 Å². The normalized spacial score (nSPS) is 15.6. The lowest BCUT2D eigenvalue weighted by molar-refractivity contribution is -0.121. The van der Waals surface area contributed by atoms with Crippen molar-refractivity contribution in [2.45, 2.75) is 64.3 Å². The largest absolute Gasteiger partial charge is 0.353 e. The number of amides is 1. The van der Waals surface area contributed by atoms with Crippen molar-refractivity contribution in [3.05, 3.63) is 35.4 Å². The molecule has 0 heterocycles. The molecule has 104 valence electrons. The number of rotatable bonds is 6. The van der Waals surface area contributed by atoms with Crippen LogP contribution in [0.1, 0.15) is 56.6 Å². The van der Waals surface area contributed by atoms with Crippen molar-refractivity contribution >= 4 is 5.91 Å². The first kappa shape index (κ1) is 14.1. The molecule has 1 aliphatic rings. The molecule has 1 amide bonds. The summed E-state index contributed by atoms with van der Waals surface area (Å²) in [6, 6.07) is 8.94. The summed E-state index contributed by atoms with van der Waals surface area (Å²) in [6.07, 6.45) is 8.96. The van der Waals surface area contributed by atoms with Crippen molar-refractivity contribution < 1.29 is 4.79 Å². The van der Waals surface area contributed by atoms with Crippen molar-refractivity contribution in [2.75, 3.05) is 0 Å². The van der Waals surface area contributed by atoms with Crippen LogP contribution >= 0.6 is 0 Å². The van der Waals surface area contributed by atoms with Gasteiger partial charge in [-0.25, -0.2) is 0 Å². The van der Waals surface area contributed by atoms with E-state index >= 15 is 0 Å². The standard InChI is InChI=1S/C17H25NO/c1-2-3-6-14-9-11-15(12-10-14)13-17(19)18-16-7-4-5-8-16/h9-12,16H,2-8,13H2,1H3,(H,18,19). The lowest BCUT2D eigenvalue weighted by atomic mass is 10.0. The number of hydrogen-bond donors (Lipinski definition) is 1. The molecule has 1 aromatic carbocycles. The molecule has 2 heteroatoms. The van der Waals surface area contributed by atoms with E-state index in [1.54, 1.807) is 0 Å². The van der Waals surface area contributed by atoms with Crippen LogP contribution in [0.2, 0.25) is 0 Å². The van der Waals surface area contributed by atoms with Crippen LogP contribution in [0.4, 0.5) is 0 Å². The highest BCUT2D eigenvalue weighted by molar-refractivity contribution is 5.78. The van der Waals surface area contributed by atoms with Crippen molar-refractivity contribution in [1.82, 2.24) is 5.32 Å². The predicted molar refractivity (Wildman–Crippen MR) is 79.2 cm³/mol. The minimum absolute atomic E-state index is 0.174. The van der Waals surface area contributed by atoms with Crippen molar-refractivity contribution in [3.63, 3.8) is 0 Å². The molecule has 0 bridgehead atoms. The van der Waals surface area contributed by atoms with Crippen LogP contribution in [0, 0.1) is 0 Å². The van der Waals surface area contributed by atoms with Gasteiger partial charge in [-0.15, -0.1) is 0 Å². The van der Waals surface area contributed by atoms with Gasteiger partial charge in [-0.05, 0) is 36.8 Å². The molecule has 0 radical (unpaired) electrons. The molecule has 0 saturated heterocycles. The van der Waals surface area contributed by atoms with Crippen LogP contribution in [0.25, 0.3) is 0 Å². The van der Waals surface area contributed by atoms with E-state index in [2.05, 4.69) is 36.5 Å². The summed E-state index contributed by atoms with van der Waals surface area (Å²) in [5.74, 6) is 0.174. The number of unbranched alkanes of at least 4 members (excludes halogenated alkanes) is 1. The molecule has 0 atom stereocenters. The third-order valence-electron chi connectivity index (χ3n) is 3.93. The highest BCUT2D eigenvalue weighted by Crippen LogP contribution is 2.17. The molecule has 0 aliphatic heterocycles. The maximum Gasteiger partial charge on any atom is 0.224 e. The van der Waals surface area contributed by atoms with Crippen LogP contribution in [0.3, 0.4) is 0 Å². The first-order chi connectivity index (χ1) is 9.28. The van der Waals surface area contributed by atoms with Gasteiger partial charge in [0.1, 0.15) is 0 Å². The lowest BCUT2D eigenvalue weighted by Gasteiger charge is -2.12. The summed E-state index contributed by atoms with van der Waals surface area (Å²) in [6.45, 7) is 2.21. The Labute approximate surface area is 116 Å². The fourth-order valence-corrected chi connectivity index (χ4v) is 2.74. The van der Waals surface area contributed by atoms with Gasteiger partial charge >= 0.3 is 0 Å². The SMILES string of the molecule is CCCCc1ccc(CC(=O)NC2CCCC2)cc1. The molecular formula is C17H25NO. The van der Waals surface area contributed by atoms with Gasteiger partial charge in [0.2, 0.25) is 5.91 Å². The number of carbonyl (C=O) groups excluding carboxylic acids is 1. The van der Waals surface area contributed by atoms with Crippen molar-refractivity contribution in [1.29, 1.82) is 0 Å². The fourth-order valence-electron chi connectivity index (χ4n) is 2.74. The van der Waals surface area contributed by atoms with E-state index in [0.29, 0.717) is 12.5 Å². The van der Waals surface area contributed by atoms with Crippen molar-refractivity contribution in [3.8, 4) is 0 Å². The van der Waals surface area contributed by atoms with Gasteiger partial charge < -0.3 is 5.32 Å². The van der Waals surface area contributed by atoms with Gasteiger partial charge in [-0.3, -0.25) is 4.79 Å². The van der Waals surface area contributed by atoms with Gasteiger partial charge in [0.15, 0.2) is 0 Å². The average molecular weight is 259 g/mol. The van der Waals surface area contributed by atoms with E-state index in [4.69, 9.17) is 0 Å². The summed E-state index contributed by atoms with van der Waals surface area (Å²) in [5, 5.41) is 3.14. The third kappa shape index (κ3) is 4.70. The third-order valence-corrected chi connectivity index (χ3v) is 3.93. The van der Waals surface area contributed by atoms with E-state index in [0.717, 1.165) is 24.8 Å². The van der Waals surface area contributed by atoms with Gasteiger partial charge in [-0.1, -0.05) is 50.5 Å². The summed E-state index contributed by atoms with van der Waals surface area (Å²) >= 11 is 0. The zero-order chi connectivity index (χ0) is 13.5. The molecule has 1 N–H and O–H groups in total. The van der Waals surface area contributed by atoms with Crippen LogP contribution in [-0.4, -0.2) is 11.9 Å². The summed E-state index contributed by atoms with van der Waals surface area (Å²) < 4.78 is 0. The van der Waals surface area contributed by atoms with E-state index in [1.165, 1.54) is 31.2 Å². The minimum atomic E-state index is 0.174. The van der Waals surface area contributed by atoms with Crippen LogP contribution in [0.15, 0.2) is 24.3 Å². The molecular weight excluding hydrogens is 234 g/mol. The first-order valence-electron chi connectivity index (χ1n) is 7.65. The van der Waals surface area contributed by atoms with Crippen molar-refractivity contribution in [2.24, 2.45) is 0 Å². The fraction of sp³-hybridized carbons (Fsp3) is 0.588. The Morgan fingerprint density at radius 2 is 1.79 bits per heavy atom. The zero-order valence-electron chi connectivity index (χ0n) is 12.0. The Balaban J connectivity index is 1.79. The minimum Gasteiger partial charge on any atom is -0.353 e. The number of carbonyl (C=O) groups is 1. The lowest BCUT2D eigenvalue weighted by Crippen LogP contribution is -2.33. The number of aryl methyl sites for hydroxylation is 1. The smallest absolute Gasteiger partial charge is 0.224 e. The molecule has 1 aliphatic carbocycles. The molecule has 1 saturated carbocycles. The van der Waals surface area contributed by atoms with E-state index in [1.807, 2.05) is 0 Å². The predicted octanol–water partition coefficient (Wildman–Crippen LogP) is 3.63. The topological polar surface area (TPSA) is 29.1 Å². The summed E-state index contributed by atoms with van der Waals surface area (Å²) in [5.41, 5.74) is 2.50. The summed E-state index contributed by atoms with van der Waals surface area (Å²) in [7, 11) is 0. The van der Waals surface area contributed by atoms with Crippen LogP contribution in [-0.2, 0) is 17.6 Å². The molecule has 2 nitrogen and oxygen atoms in total. The average Bonchev–Trinajstić information content (AvgIpc) is 2.90. The Hall–Kier alpha value is -1.31. The maximum atomic E-state index is 11.9. The van der Waals surface area contributed by atoms with Gasteiger partial charge in [0.05, 0.1) is 6.42 Å². The zero-order valence-corrected chi connectivity index (χ0v) is 12.0. The Morgan fingerprint density at radius 3 is 2.42 bits per heavy atom. The Morgan fingerprint density at radius 1 is 1.16 bits per heavy atom. The second-order valence-electron chi connectivity index (χ2n) is 5.65. The monoisotopic (exact) mass is 259 g/mol. The van der Waals surface area contributed by atoms with E-state index in [-0.39, 0.29) is 5.91 Å². The van der Waals surface area contributed by atoms with Gasteiger partial charge in [0, 0.05) is 6.04 Å². The quantitative estimate of drug-likeness (QED) is 0.830. The molecule has 0 spiro atoms. The molecule has 19 heavy (non-hydrogen) atoms. The second-order valence-corrected chi connectivity index (χ2v) is 5.65. The maximum absolute atomic E-state index is 11.9. The molecule has 1 fully saturated rings. The van der Waals surface area contributed by atoms with E-state index in [9.17, 15) is 4.79 Å². The highest BCUT2D eigenvalue weighted by Gasteiger charge is 2.16. The second kappa shape index (κ2) is 7.32. The summed E-state index contributed by atoms with van der Waals surface area (Å²) in [4.78, 5) is 11.9. The first-order valence-corrected chi connectivity index (χ1v) is 7.65. The number of nitrogens with one attached hydrogen (secondary N) is 1. The van der Waals surface area contributed by atoms with Crippen LogP contribution in [0.5, 0.6) is 0 Å². The number of benzene rings is 1. The molecule has 0 unspecified atom stereocenters. The highest BCUT2D eigenvalue weighted by atomic mass is 16.1. The molecule has 1 aromatic rings. The van der Waals surface area contributed by atoms with Gasteiger partial charge in [0.25, 0.3) is 0 Å². The Bertz CT molecular complexity index is 390. The Kier molecular flexibility index (Phi) is 5.44.